The molecule has 0 N–H and O–H groups in total. The van der Waals surface area contributed by atoms with Crippen LogP contribution in [-0.4, -0.2) is 11.2 Å². The predicted molar refractivity (Wildman–Crippen MR) is 67.5 cm³/mol. The van der Waals surface area contributed by atoms with Gasteiger partial charge in [0.2, 0.25) is 0 Å². The van der Waals surface area contributed by atoms with Crippen LogP contribution in [0.4, 0.5) is 0 Å². The molecule has 1 aromatic rings. The van der Waals surface area contributed by atoms with E-state index >= 15 is 0 Å². The monoisotopic (exact) mass is 234 g/mol. The Morgan fingerprint density at radius 1 is 1.25 bits per heavy atom. The molecule has 0 bridgehead atoms. The van der Waals surface area contributed by atoms with Crippen LogP contribution in [0, 0.1) is 5.92 Å². The van der Waals surface area contributed by atoms with E-state index in [4.69, 9.17) is 11.6 Å². The first-order chi connectivity index (χ1) is 7.68. The Hall–Kier alpha value is -1.08. The van der Waals surface area contributed by atoms with Gasteiger partial charge in [-0.2, -0.15) is 0 Å². The van der Waals surface area contributed by atoms with Crippen molar-refractivity contribution in [3.63, 3.8) is 0 Å². The normalized spacial score (nSPS) is 28.4. The number of hydrogen-bond donors (Lipinski definition) is 0. The fourth-order valence-electron chi connectivity index (χ4n) is 2.05. The van der Waals surface area contributed by atoms with Gasteiger partial charge in [0.1, 0.15) is 0 Å². The Morgan fingerprint density at radius 3 is 2.62 bits per heavy atom. The van der Waals surface area contributed by atoms with Gasteiger partial charge in [-0.05, 0) is 30.4 Å². The number of allylic oxidation sites excluding steroid dienone is 1. The highest BCUT2D eigenvalue weighted by Gasteiger charge is 2.29. The fourth-order valence-corrected chi connectivity index (χ4v) is 2.30. The van der Waals surface area contributed by atoms with E-state index in [1.165, 1.54) is 0 Å². The molecule has 0 aromatic heterocycles. The van der Waals surface area contributed by atoms with E-state index in [-0.39, 0.29) is 11.2 Å². The van der Waals surface area contributed by atoms with Crippen LogP contribution < -0.4 is 0 Å². The van der Waals surface area contributed by atoms with Crippen molar-refractivity contribution in [2.75, 3.05) is 0 Å². The van der Waals surface area contributed by atoms with Crippen LogP contribution in [0.15, 0.2) is 35.9 Å². The summed E-state index contributed by atoms with van der Waals surface area (Å²) in [6.07, 6.45) is 3.77. The summed E-state index contributed by atoms with van der Waals surface area (Å²) in [7, 11) is 0. The van der Waals surface area contributed by atoms with E-state index in [1.54, 1.807) is 0 Å². The molecule has 0 radical (unpaired) electrons. The fraction of sp³-hybridized carbons (Fsp3) is 0.357. The first kappa shape index (κ1) is 11.4. The molecule has 0 amide bonds. The highest BCUT2D eigenvalue weighted by Crippen LogP contribution is 2.30. The number of alkyl halides is 1. The Labute approximate surface area is 101 Å². The summed E-state index contributed by atoms with van der Waals surface area (Å²) in [5.74, 6) is 0.423. The number of benzene rings is 1. The van der Waals surface area contributed by atoms with Crippen LogP contribution in [0.5, 0.6) is 0 Å². The molecule has 1 fully saturated rings. The molecule has 2 heteroatoms. The summed E-state index contributed by atoms with van der Waals surface area (Å²) in [6.45, 7) is 2.09. The average molecular weight is 235 g/mol. The maximum Gasteiger partial charge on any atom is 0.176 e. The number of Topliss-reactive ketones (excluding diaryl/α,β-unsaturated/α-hetero) is 1. The minimum atomic E-state index is -0.328. The van der Waals surface area contributed by atoms with Gasteiger partial charge in [-0.1, -0.05) is 37.3 Å². The summed E-state index contributed by atoms with van der Waals surface area (Å²) < 4.78 is 0. The Balaban J connectivity index is 2.30. The minimum absolute atomic E-state index is 0.101. The lowest BCUT2D eigenvalue weighted by atomic mass is 9.83. The summed E-state index contributed by atoms with van der Waals surface area (Å²) >= 11 is 6.00. The van der Waals surface area contributed by atoms with Crippen LogP contribution in [0.1, 0.15) is 25.3 Å². The van der Waals surface area contributed by atoms with E-state index in [0.29, 0.717) is 5.92 Å². The van der Waals surface area contributed by atoms with Crippen LogP contribution in [0.25, 0.3) is 6.08 Å². The van der Waals surface area contributed by atoms with Gasteiger partial charge in [0, 0.05) is 5.57 Å². The summed E-state index contributed by atoms with van der Waals surface area (Å²) in [4.78, 5) is 11.9. The molecule has 0 heterocycles. The number of carbonyl (C=O) groups is 1. The molecule has 2 rings (SSSR count). The molecule has 0 saturated heterocycles. The average Bonchev–Trinajstić information content (AvgIpc) is 2.31. The van der Waals surface area contributed by atoms with Crippen LogP contribution in [0.3, 0.4) is 0 Å². The van der Waals surface area contributed by atoms with Gasteiger partial charge < -0.3 is 0 Å². The van der Waals surface area contributed by atoms with E-state index in [0.717, 1.165) is 24.0 Å². The first-order valence-corrected chi connectivity index (χ1v) is 6.07. The second kappa shape index (κ2) is 4.84. The van der Waals surface area contributed by atoms with Crippen molar-refractivity contribution in [1.29, 1.82) is 0 Å². The number of carbonyl (C=O) groups excluding carboxylic acids is 1. The second-order valence-electron chi connectivity index (χ2n) is 4.32. The molecule has 84 valence electrons. The van der Waals surface area contributed by atoms with Crippen molar-refractivity contribution in [2.24, 2.45) is 5.92 Å². The number of rotatable bonds is 1. The third kappa shape index (κ3) is 2.35. The molecule has 1 saturated carbocycles. The van der Waals surface area contributed by atoms with Crippen molar-refractivity contribution < 1.29 is 4.79 Å². The number of ketones is 1. The zero-order valence-electron chi connectivity index (χ0n) is 9.32. The maximum atomic E-state index is 11.9. The minimum Gasteiger partial charge on any atom is -0.293 e. The predicted octanol–water partition coefficient (Wildman–Crippen LogP) is 3.68. The standard InChI is InChI=1S/C14H15ClO/c1-10-7-8-13(15)14(16)12(10)9-11-5-3-2-4-6-11/h2-6,9-10,13H,7-8H2,1H3. The van der Waals surface area contributed by atoms with Crippen molar-refractivity contribution in [3.8, 4) is 0 Å². The molecule has 1 nitrogen and oxygen atoms in total. The van der Waals surface area contributed by atoms with Gasteiger partial charge in [-0.3, -0.25) is 4.79 Å². The SMILES string of the molecule is CC1CCC(Cl)C(=O)C1=Cc1ccccc1. The molecular formula is C14H15ClO. The Morgan fingerprint density at radius 2 is 1.94 bits per heavy atom. The molecule has 16 heavy (non-hydrogen) atoms. The van der Waals surface area contributed by atoms with Crippen molar-refractivity contribution in [2.45, 2.75) is 25.1 Å². The molecule has 1 aliphatic carbocycles. The first-order valence-electron chi connectivity index (χ1n) is 5.63. The summed E-state index contributed by atoms with van der Waals surface area (Å²) in [5.41, 5.74) is 1.95. The van der Waals surface area contributed by atoms with Gasteiger partial charge in [0.05, 0.1) is 5.38 Å². The Kier molecular flexibility index (Phi) is 3.45. The lowest BCUT2D eigenvalue weighted by molar-refractivity contribution is -0.116. The topological polar surface area (TPSA) is 17.1 Å². The largest absolute Gasteiger partial charge is 0.293 e. The third-order valence-corrected chi connectivity index (χ3v) is 3.49. The summed E-state index contributed by atoms with van der Waals surface area (Å²) in [5, 5.41) is -0.328. The molecular weight excluding hydrogens is 220 g/mol. The van der Waals surface area contributed by atoms with Crippen LogP contribution in [-0.2, 0) is 4.79 Å². The third-order valence-electron chi connectivity index (χ3n) is 3.07. The van der Waals surface area contributed by atoms with Crippen molar-refractivity contribution in [1.82, 2.24) is 0 Å². The molecule has 0 spiro atoms. The van der Waals surface area contributed by atoms with Crippen molar-refractivity contribution >= 4 is 23.5 Å². The van der Waals surface area contributed by atoms with Crippen LogP contribution >= 0.6 is 11.6 Å². The lowest BCUT2D eigenvalue weighted by Gasteiger charge is -2.24. The second-order valence-corrected chi connectivity index (χ2v) is 4.85. The zero-order valence-corrected chi connectivity index (χ0v) is 10.1. The molecule has 1 aromatic carbocycles. The van der Waals surface area contributed by atoms with E-state index in [2.05, 4.69) is 6.92 Å². The highest BCUT2D eigenvalue weighted by atomic mass is 35.5. The molecule has 2 atom stereocenters. The molecule has 0 aliphatic heterocycles. The van der Waals surface area contributed by atoms with E-state index in [1.807, 2.05) is 36.4 Å². The number of halogens is 1. The van der Waals surface area contributed by atoms with Crippen LogP contribution in [0.2, 0.25) is 0 Å². The van der Waals surface area contributed by atoms with E-state index < -0.39 is 0 Å². The van der Waals surface area contributed by atoms with Gasteiger partial charge >= 0.3 is 0 Å². The van der Waals surface area contributed by atoms with Gasteiger partial charge in [0.15, 0.2) is 5.78 Å². The highest BCUT2D eigenvalue weighted by molar-refractivity contribution is 6.34. The quantitative estimate of drug-likeness (QED) is 0.535. The smallest absolute Gasteiger partial charge is 0.176 e. The summed E-state index contributed by atoms with van der Waals surface area (Å²) in [6, 6.07) is 9.93. The van der Waals surface area contributed by atoms with Gasteiger partial charge in [-0.15, -0.1) is 11.6 Å². The van der Waals surface area contributed by atoms with Gasteiger partial charge in [-0.25, -0.2) is 0 Å². The Bertz CT molecular complexity index is 408. The van der Waals surface area contributed by atoms with Gasteiger partial charge in [0.25, 0.3) is 0 Å². The zero-order chi connectivity index (χ0) is 11.5. The van der Waals surface area contributed by atoms with Crippen molar-refractivity contribution in [3.05, 3.63) is 41.5 Å². The number of hydrogen-bond acceptors (Lipinski definition) is 1. The van der Waals surface area contributed by atoms with E-state index in [9.17, 15) is 4.79 Å². The molecule has 1 aliphatic rings. The lowest BCUT2D eigenvalue weighted by Crippen LogP contribution is -2.26. The molecule has 2 unspecified atom stereocenters. The maximum absolute atomic E-state index is 11.9.